The number of sulfone groups is 1. The van der Waals surface area contributed by atoms with Gasteiger partial charge >= 0.3 is 5.97 Å². The van der Waals surface area contributed by atoms with Gasteiger partial charge in [0.15, 0.2) is 22.2 Å². The zero-order chi connectivity index (χ0) is 22.7. The molecule has 1 aliphatic carbocycles. The van der Waals surface area contributed by atoms with Gasteiger partial charge in [-0.2, -0.15) is 0 Å². The van der Waals surface area contributed by atoms with Gasteiger partial charge < -0.3 is 19.0 Å². The van der Waals surface area contributed by atoms with E-state index in [2.05, 4.69) is 0 Å². The number of likely N-dealkylation sites (tertiary alicyclic amines) is 1. The lowest BCUT2D eigenvalue weighted by atomic mass is 9.93. The third kappa shape index (κ3) is 5.00. The van der Waals surface area contributed by atoms with Gasteiger partial charge in [-0.3, -0.25) is 9.59 Å². The standard InChI is InChI=1S/C22H30N2O7S/c25-20(24(16-6-2-1-3-7-16)17-10-13-32(28,29)15-17)14-31-22(27)18-8-4-11-23(18)21(26)19-9-5-12-30-19/h5,9,12,16-18H,1-4,6-8,10-11,13-15H2. The Balaban J connectivity index is 1.39. The molecule has 0 bridgehead atoms. The second kappa shape index (κ2) is 9.64. The van der Waals surface area contributed by atoms with Crippen LogP contribution in [0.2, 0.25) is 0 Å². The lowest BCUT2D eigenvalue weighted by Crippen LogP contribution is -2.50. The van der Waals surface area contributed by atoms with Crippen molar-refractivity contribution >= 4 is 27.6 Å². The number of hydrogen-bond acceptors (Lipinski definition) is 7. The Morgan fingerprint density at radius 3 is 2.50 bits per heavy atom. The lowest BCUT2D eigenvalue weighted by Gasteiger charge is -2.38. The van der Waals surface area contributed by atoms with Gasteiger partial charge in [0, 0.05) is 18.6 Å². The topological polar surface area (TPSA) is 114 Å². The predicted octanol–water partition coefficient (Wildman–Crippen LogP) is 1.78. The first-order chi connectivity index (χ1) is 15.4. The molecule has 1 saturated carbocycles. The van der Waals surface area contributed by atoms with Gasteiger partial charge in [0.2, 0.25) is 0 Å². The molecule has 32 heavy (non-hydrogen) atoms. The molecular weight excluding hydrogens is 436 g/mol. The van der Waals surface area contributed by atoms with Crippen LogP contribution in [0.1, 0.15) is 61.9 Å². The minimum atomic E-state index is -3.15. The summed E-state index contributed by atoms with van der Waals surface area (Å²) < 4.78 is 34.6. The molecule has 3 aliphatic rings. The summed E-state index contributed by atoms with van der Waals surface area (Å²) in [6, 6.07) is 2.02. The van der Waals surface area contributed by atoms with Gasteiger partial charge in [0.25, 0.3) is 11.8 Å². The Labute approximate surface area is 188 Å². The van der Waals surface area contributed by atoms with E-state index in [9.17, 15) is 22.8 Å². The molecule has 4 rings (SSSR count). The van der Waals surface area contributed by atoms with Gasteiger partial charge in [-0.1, -0.05) is 19.3 Å². The number of esters is 1. The van der Waals surface area contributed by atoms with E-state index in [1.165, 1.54) is 11.2 Å². The van der Waals surface area contributed by atoms with Crippen molar-refractivity contribution in [1.82, 2.24) is 9.80 Å². The molecule has 0 N–H and O–H groups in total. The van der Waals surface area contributed by atoms with Crippen LogP contribution in [0.4, 0.5) is 0 Å². The van der Waals surface area contributed by atoms with Crippen LogP contribution in [0.25, 0.3) is 0 Å². The summed E-state index contributed by atoms with van der Waals surface area (Å²) in [6.07, 6.45) is 7.73. The molecule has 3 fully saturated rings. The molecule has 2 unspecified atom stereocenters. The molecule has 9 nitrogen and oxygen atoms in total. The van der Waals surface area contributed by atoms with E-state index in [0.29, 0.717) is 25.8 Å². The smallest absolute Gasteiger partial charge is 0.329 e. The van der Waals surface area contributed by atoms with Crippen molar-refractivity contribution in [2.45, 2.75) is 69.5 Å². The molecule has 2 atom stereocenters. The van der Waals surface area contributed by atoms with E-state index < -0.39 is 28.5 Å². The van der Waals surface area contributed by atoms with E-state index in [0.717, 1.165) is 32.1 Å². The minimum Gasteiger partial charge on any atom is -0.459 e. The molecule has 2 amide bonds. The van der Waals surface area contributed by atoms with Crippen LogP contribution in [0.5, 0.6) is 0 Å². The minimum absolute atomic E-state index is 0.0169. The SMILES string of the molecule is O=C(OCC(=O)N(C1CCCCC1)C1CCS(=O)(=O)C1)C1CCCN1C(=O)c1ccco1. The van der Waals surface area contributed by atoms with Crippen LogP contribution < -0.4 is 0 Å². The highest BCUT2D eigenvalue weighted by atomic mass is 32.2. The first kappa shape index (κ1) is 22.8. The molecule has 2 aliphatic heterocycles. The highest BCUT2D eigenvalue weighted by molar-refractivity contribution is 7.91. The van der Waals surface area contributed by atoms with Crippen LogP contribution in [-0.2, 0) is 24.2 Å². The predicted molar refractivity (Wildman–Crippen MR) is 115 cm³/mol. The van der Waals surface area contributed by atoms with Crippen LogP contribution in [0.3, 0.4) is 0 Å². The first-order valence-electron chi connectivity index (χ1n) is 11.4. The fourth-order valence-corrected chi connectivity index (χ4v) is 6.87. The number of carbonyl (C=O) groups is 3. The summed E-state index contributed by atoms with van der Waals surface area (Å²) >= 11 is 0. The molecule has 1 aromatic rings. The molecule has 1 aromatic heterocycles. The maximum absolute atomic E-state index is 13.1. The van der Waals surface area contributed by atoms with E-state index in [1.807, 2.05) is 0 Å². The van der Waals surface area contributed by atoms with Crippen molar-refractivity contribution in [2.24, 2.45) is 0 Å². The lowest BCUT2D eigenvalue weighted by molar-refractivity contribution is -0.157. The molecule has 0 spiro atoms. The summed E-state index contributed by atoms with van der Waals surface area (Å²) in [4.78, 5) is 41.6. The third-order valence-electron chi connectivity index (χ3n) is 6.71. The molecule has 2 saturated heterocycles. The second-order valence-corrected chi connectivity index (χ2v) is 11.1. The van der Waals surface area contributed by atoms with Crippen LogP contribution in [0, 0.1) is 0 Å². The Kier molecular flexibility index (Phi) is 6.88. The average Bonchev–Trinajstić information content (AvgIpc) is 3.54. The Morgan fingerprint density at radius 1 is 1.06 bits per heavy atom. The van der Waals surface area contributed by atoms with Crippen molar-refractivity contribution in [1.29, 1.82) is 0 Å². The van der Waals surface area contributed by atoms with E-state index in [1.54, 1.807) is 17.0 Å². The fraction of sp³-hybridized carbons (Fsp3) is 0.682. The third-order valence-corrected chi connectivity index (χ3v) is 8.46. The number of nitrogens with zero attached hydrogens (tertiary/aromatic N) is 2. The highest BCUT2D eigenvalue weighted by Crippen LogP contribution is 2.29. The average molecular weight is 467 g/mol. The number of hydrogen-bond donors (Lipinski definition) is 0. The van der Waals surface area contributed by atoms with Gasteiger partial charge in [0.1, 0.15) is 6.04 Å². The van der Waals surface area contributed by atoms with Crippen molar-refractivity contribution < 1.29 is 32.0 Å². The maximum atomic E-state index is 13.1. The summed E-state index contributed by atoms with van der Waals surface area (Å²) in [5.41, 5.74) is 0. The Bertz CT molecular complexity index is 937. The molecular formula is C22H30N2O7S. The number of carbonyl (C=O) groups excluding carboxylic acids is 3. The van der Waals surface area contributed by atoms with Crippen LogP contribution in [0.15, 0.2) is 22.8 Å². The summed E-state index contributed by atoms with van der Waals surface area (Å²) in [7, 11) is -3.15. The zero-order valence-corrected chi connectivity index (χ0v) is 18.9. The van der Waals surface area contributed by atoms with Crippen molar-refractivity contribution in [3.63, 3.8) is 0 Å². The maximum Gasteiger partial charge on any atom is 0.329 e. The molecule has 0 aromatic carbocycles. The largest absolute Gasteiger partial charge is 0.459 e. The van der Waals surface area contributed by atoms with E-state index >= 15 is 0 Å². The van der Waals surface area contributed by atoms with Crippen LogP contribution >= 0.6 is 0 Å². The monoisotopic (exact) mass is 466 g/mol. The number of amides is 2. The van der Waals surface area contributed by atoms with Gasteiger partial charge in [-0.15, -0.1) is 0 Å². The van der Waals surface area contributed by atoms with Crippen molar-refractivity contribution in [3.8, 4) is 0 Å². The Morgan fingerprint density at radius 2 is 1.84 bits per heavy atom. The van der Waals surface area contributed by atoms with Gasteiger partial charge in [0.05, 0.1) is 17.8 Å². The Hall–Kier alpha value is -2.36. The number of furan rings is 1. The van der Waals surface area contributed by atoms with Crippen molar-refractivity contribution in [2.75, 3.05) is 24.7 Å². The normalized spacial score (nSPS) is 25.6. The summed E-state index contributed by atoms with van der Waals surface area (Å²) in [6.45, 7) is -0.0213. The number of rotatable bonds is 6. The molecule has 0 radical (unpaired) electrons. The van der Waals surface area contributed by atoms with Crippen LogP contribution in [-0.4, -0.2) is 78.8 Å². The number of ether oxygens (including phenoxy) is 1. The second-order valence-electron chi connectivity index (χ2n) is 8.89. The zero-order valence-electron chi connectivity index (χ0n) is 18.1. The van der Waals surface area contributed by atoms with E-state index in [4.69, 9.17) is 9.15 Å². The summed E-state index contributed by atoms with van der Waals surface area (Å²) in [5.74, 6) is -1.13. The van der Waals surface area contributed by atoms with Gasteiger partial charge in [-0.05, 0) is 44.2 Å². The first-order valence-corrected chi connectivity index (χ1v) is 13.2. The molecule has 3 heterocycles. The van der Waals surface area contributed by atoms with Crippen molar-refractivity contribution in [3.05, 3.63) is 24.2 Å². The highest BCUT2D eigenvalue weighted by Gasteiger charge is 2.40. The van der Waals surface area contributed by atoms with E-state index in [-0.39, 0.29) is 41.2 Å². The molecule has 176 valence electrons. The quantitative estimate of drug-likeness (QED) is 0.587. The fourth-order valence-electron chi connectivity index (χ4n) is 5.16. The van der Waals surface area contributed by atoms with Gasteiger partial charge in [-0.25, -0.2) is 13.2 Å². The molecule has 10 heteroatoms. The summed E-state index contributed by atoms with van der Waals surface area (Å²) in [5, 5.41) is 0.